The standard InChI is InChI=1S/C75H41BN6O2/c77-42-45-25-32-68(80-62-19-7-1-13-51(62)52-14-2-8-20-63(52)80)57(35-45)48-28-30-60-71(38-48)83-73-40-50(59-37-47(44-79)27-34-70(59)82-66-23-11-5-17-55(66)56-18-6-12-24-67(56)82)41-74-75(73)76(60)61-31-29-49(39-72(61)84-74)58-36-46(43-78)26-33-69(58)81-64-21-9-3-15-53(64)54-16-4-10-22-65(54)81/h1-41H. The number of nitriles is 3. The van der Waals surface area contributed by atoms with Gasteiger partial charge in [0, 0.05) is 54.5 Å². The normalized spacial score (nSPS) is 12.2. The summed E-state index contributed by atoms with van der Waals surface area (Å²) in [5, 5.41) is 38.3. The molecule has 0 amide bonds. The van der Waals surface area contributed by atoms with E-state index in [1.807, 2.05) is 42.5 Å². The molecule has 8 nitrogen and oxygen atoms in total. The van der Waals surface area contributed by atoms with Crippen LogP contribution in [-0.2, 0) is 0 Å². The number of rotatable bonds is 6. The summed E-state index contributed by atoms with van der Waals surface area (Å²) in [5.41, 5.74) is 18.7. The minimum absolute atomic E-state index is 0.327. The third kappa shape index (κ3) is 6.86. The van der Waals surface area contributed by atoms with Gasteiger partial charge in [-0.2, -0.15) is 15.8 Å². The highest BCUT2D eigenvalue weighted by Crippen LogP contribution is 2.45. The monoisotopic (exact) mass is 1070 g/mol. The van der Waals surface area contributed by atoms with Crippen LogP contribution in [-0.4, -0.2) is 20.4 Å². The van der Waals surface area contributed by atoms with Gasteiger partial charge in [-0.05, 0) is 143 Å². The molecule has 0 N–H and O–H groups in total. The third-order valence-electron chi connectivity index (χ3n) is 17.3. The maximum atomic E-state index is 10.6. The lowest BCUT2D eigenvalue weighted by Gasteiger charge is -2.34. The summed E-state index contributed by atoms with van der Waals surface area (Å²) >= 11 is 0. The Balaban J connectivity index is 0.891. The average Bonchev–Trinajstić information content (AvgIpc) is 4.34. The van der Waals surface area contributed by atoms with E-state index in [0.717, 1.165) is 132 Å². The summed E-state index contributed by atoms with van der Waals surface area (Å²) in [4.78, 5) is 0. The first-order valence-corrected chi connectivity index (χ1v) is 27.9. The molecule has 0 saturated carbocycles. The molecule has 0 aliphatic carbocycles. The summed E-state index contributed by atoms with van der Waals surface area (Å²) in [5.74, 6) is 2.60. The lowest BCUT2D eigenvalue weighted by atomic mass is 9.34. The zero-order valence-corrected chi connectivity index (χ0v) is 44.7. The van der Waals surface area contributed by atoms with E-state index in [-0.39, 0.29) is 6.71 Å². The van der Waals surface area contributed by atoms with Crippen LogP contribution in [0.2, 0.25) is 0 Å². The number of aromatic nitrogens is 3. The lowest BCUT2D eigenvalue weighted by molar-refractivity contribution is 0.465. The third-order valence-corrected chi connectivity index (χ3v) is 17.3. The molecule has 2 aliphatic heterocycles. The van der Waals surface area contributed by atoms with Crippen molar-refractivity contribution in [2.75, 3.05) is 0 Å². The van der Waals surface area contributed by atoms with Crippen molar-refractivity contribution in [1.82, 2.24) is 13.7 Å². The Morgan fingerprint density at radius 2 is 0.571 bits per heavy atom. The maximum Gasteiger partial charge on any atom is 0.260 e. The molecule has 17 rings (SSSR count). The molecule has 15 aromatic rings. The van der Waals surface area contributed by atoms with Gasteiger partial charge in [0.25, 0.3) is 6.71 Å². The van der Waals surface area contributed by atoms with Crippen molar-refractivity contribution in [1.29, 1.82) is 15.8 Å². The van der Waals surface area contributed by atoms with Gasteiger partial charge < -0.3 is 23.2 Å². The van der Waals surface area contributed by atoms with E-state index in [4.69, 9.17) is 9.47 Å². The minimum Gasteiger partial charge on any atom is -0.458 e. The van der Waals surface area contributed by atoms with Crippen LogP contribution in [0.1, 0.15) is 16.7 Å². The van der Waals surface area contributed by atoms with Crippen molar-refractivity contribution >= 4 is 88.5 Å². The molecule has 0 saturated heterocycles. The zero-order chi connectivity index (χ0) is 55.7. The molecule has 0 fully saturated rings. The first-order chi connectivity index (χ1) is 41.5. The SMILES string of the molecule is N#Cc1ccc(-n2c3ccccc3c3ccccc32)c(-c2ccc3c(c2)Oc2cc(-c4cc(C#N)ccc4-n4c5ccccc5c5ccccc54)cc4c2B3c2ccc(-c3cc(C#N)ccc3-n3c5ccccc5c5ccccc53)cc2O4)c1. The predicted octanol–water partition coefficient (Wildman–Crippen LogP) is 16.3. The molecule has 0 radical (unpaired) electrons. The topological polar surface area (TPSA) is 105 Å². The highest BCUT2D eigenvalue weighted by molar-refractivity contribution is 6.98. The van der Waals surface area contributed by atoms with E-state index in [1.54, 1.807) is 0 Å². The van der Waals surface area contributed by atoms with Crippen LogP contribution in [0.3, 0.4) is 0 Å². The van der Waals surface area contributed by atoms with E-state index in [2.05, 4.69) is 238 Å². The summed E-state index contributed by atoms with van der Waals surface area (Å²) < 4.78 is 21.5. The van der Waals surface area contributed by atoms with Crippen molar-refractivity contribution in [3.63, 3.8) is 0 Å². The van der Waals surface area contributed by atoms with Crippen LogP contribution in [0.25, 0.3) is 116 Å². The minimum atomic E-state index is -0.327. The van der Waals surface area contributed by atoms with Crippen molar-refractivity contribution in [3.05, 3.63) is 265 Å². The number of para-hydroxylation sites is 6. The highest BCUT2D eigenvalue weighted by Gasteiger charge is 2.41. The van der Waals surface area contributed by atoms with Crippen LogP contribution in [0.5, 0.6) is 23.0 Å². The quantitative estimate of drug-likeness (QED) is 0.154. The van der Waals surface area contributed by atoms with E-state index in [0.29, 0.717) is 39.7 Å². The molecule has 0 atom stereocenters. The molecular formula is C75H41BN6O2. The summed E-state index contributed by atoms with van der Waals surface area (Å²) in [7, 11) is 0. The van der Waals surface area contributed by atoms with Gasteiger partial charge in [-0.15, -0.1) is 0 Å². The van der Waals surface area contributed by atoms with E-state index in [1.165, 1.54) is 0 Å². The summed E-state index contributed by atoms with van der Waals surface area (Å²) in [6.07, 6.45) is 0. The second kappa shape index (κ2) is 18.1. The van der Waals surface area contributed by atoms with Crippen LogP contribution >= 0.6 is 0 Å². The van der Waals surface area contributed by atoms with Gasteiger partial charge in [0.2, 0.25) is 0 Å². The number of nitrogens with zero attached hydrogens (tertiary/aromatic N) is 6. The van der Waals surface area contributed by atoms with Crippen LogP contribution < -0.4 is 25.9 Å². The van der Waals surface area contributed by atoms with Crippen molar-refractivity contribution in [2.24, 2.45) is 0 Å². The van der Waals surface area contributed by atoms with Crippen molar-refractivity contribution in [3.8, 4) is 91.6 Å². The van der Waals surface area contributed by atoms with Crippen LogP contribution in [0.15, 0.2) is 249 Å². The van der Waals surface area contributed by atoms with Crippen molar-refractivity contribution < 1.29 is 9.47 Å². The fourth-order valence-electron chi connectivity index (χ4n) is 13.6. The Morgan fingerprint density at radius 1 is 0.286 bits per heavy atom. The Labute approximate surface area is 482 Å². The predicted molar refractivity (Wildman–Crippen MR) is 338 cm³/mol. The number of ether oxygens (including phenoxy) is 2. The molecule has 3 aromatic heterocycles. The van der Waals surface area contributed by atoms with Crippen molar-refractivity contribution in [2.45, 2.75) is 0 Å². The molecule has 0 bridgehead atoms. The zero-order valence-electron chi connectivity index (χ0n) is 44.7. The summed E-state index contributed by atoms with van der Waals surface area (Å²) in [6.45, 7) is -0.327. The first kappa shape index (κ1) is 47.0. The van der Waals surface area contributed by atoms with Gasteiger partial charge in [0.1, 0.15) is 23.0 Å². The molecule has 5 heterocycles. The lowest BCUT2D eigenvalue weighted by Crippen LogP contribution is -2.57. The number of fused-ring (bicyclic) bond motifs is 13. The Bertz CT molecular complexity index is 5120. The highest BCUT2D eigenvalue weighted by atomic mass is 16.5. The second-order valence-corrected chi connectivity index (χ2v) is 21.7. The van der Waals surface area contributed by atoms with Gasteiger partial charge >= 0.3 is 0 Å². The Kier molecular flexibility index (Phi) is 10.1. The molecule has 84 heavy (non-hydrogen) atoms. The molecule has 0 spiro atoms. The number of benzene rings is 12. The van der Waals surface area contributed by atoms with E-state index >= 15 is 0 Å². The van der Waals surface area contributed by atoms with Gasteiger partial charge in [-0.25, -0.2) is 0 Å². The van der Waals surface area contributed by atoms with Gasteiger partial charge in [-0.1, -0.05) is 133 Å². The van der Waals surface area contributed by atoms with E-state index < -0.39 is 0 Å². The Morgan fingerprint density at radius 3 is 0.881 bits per heavy atom. The molecule has 386 valence electrons. The Hall–Kier alpha value is -11.8. The molecule has 9 heteroatoms. The average molecular weight is 1070 g/mol. The second-order valence-electron chi connectivity index (χ2n) is 21.7. The van der Waals surface area contributed by atoms with E-state index in [9.17, 15) is 15.8 Å². The van der Waals surface area contributed by atoms with Gasteiger partial charge in [0.15, 0.2) is 0 Å². The number of hydrogen-bond acceptors (Lipinski definition) is 5. The number of hydrogen-bond donors (Lipinski definition) is 0. The molecule has 0 unspecified atom stereocenters. The first-order valence-electron chi connectivity index (χ1n) is 27.9. The molecular weight excluding hydrogens is 1030 g/mol. The molecule has 2 aliphatic rings. The van der Waals surface area contributed by atoms with Crippen LogP contribution in [0, 0.1) is 34.0 Å². The van der Waals surface area contributed by atoms with Gasteiger partial charge in [0.05, 0.1) is 85.1 Å². The molecule has 12 aromatic carbocycles. The summed E-state index contributed by atoms with van der Waals surface area (Å²) in [6, 6.07) is 92.8. The largest absolute Gasteiger partial charge is 0.458 e. The fraction of sp³-hybridized carbons (Fsp3) is 0. The van der Waals surface area contributed by atoms with Crippen LogP contribution in [0.4, 0.5) is 0 Å². The fourth-order valence-corrected chi connectivity index (χ4v) is 13.6. The smallest absolute Gasteiger partial charge is 0.260 e. The van der Waals surface area contributed by atoms with Gasteiger partial charge in [-0.3, -0.25) is 0 Å². The maximum absolute atomic E-state index is 10.6.